The first-order valence-corrected chi connectivity index (χ1v) is 7.58. The molecule has 0 aliphatic carbocycles. The molecule has 0 saturated heterocycles. The van der Waals surface area contributed by atoms with E-state index >= 15 is 0 Å². The van der Waals surface area contributed by atoms with E-state index in [-0.39, 0.29) is 18.3 Å². The van der Waals surface area contributed by atoms with Crippen molar-refractivity contribution >= 4 is 11.7 Å². The number of carbonyl (C=O) groups excluding carboxylic acids is 2. The molecule has 2 aromatic rings. The summed E-state index contributed by atoms with van der Waals surface area (Å²) in [6.45, 7) is 3.36. The Labute approximate surface area is 136 Å². The number of carbonyl (C=O) groups is 2. The fourth-order valence-electron chi connectivity index (χ4n) is 2.17. The van der Waals surface area contributed by atoms with Crippen molar-refractivity contribution in [2.45, 2.75) is 26.3 Å². The van der Waals surface area contributed by atoms with E-state index in [0.717, 1.165) is 11.1 Å². The molecule has 4 nitrogen and oxygen atoms in total. The Balaban J connectivity index is 1.88. The first-order valence-electron chi connectivity index (χ1n) is 7.58. The number of ketones is 1. The van der Waals surface area contributed by atoms with Crippen LogP contribution in [0.4, 0.5) is 0 Å². The van der Waals surface area contributed by atoms with Crippen molar-refractivity contribution in [3.63, 3.8) is 0 Å². The predicted molar refractivity (Wildman–Crippen MR) is 89.4 cm³/mol. The summed E-state index contributed by atoms with van der Waals surface area (Å²) in [6, 6.07) is 16.5. The van der Waals surface area contributed by atoms with E-state index in [1.54, 1.807) is 0 Å². The van der Waals surface area contributed by atoms with Gasteiger partial charge >= 0.3 is 0 Å². The van der Waals surface area contributed by atoms with Crippen molar-refractivity contribution in [2.24, 2.45) is 0 Å². The smallest absolute Gasteiger partial charge is 0.258 e. The summed E-state index contributed by atoms with van der Waals surface area (Å²) in [7, 11) is 0. The summed E-state index contributed by atoms with van der Waals surface area (Å²) in [6.07, 6.45) is 0.479. The highest BCUT2D eigenvalue weighted by Gasteiger charge is 2.17. The van der Waals surface area contributed by atoms with Gasteiger partial charge in [-0.05, 0) is 38.0 Å². The summed E-state index contributed by atoms with van der Waals surface area (Å²) in [5.74, 6) is 0.257. The maximum atomic E-state index is 12.0. The highest BCUT2D eigenvalue weighted by Crippen LogP contribution is 2.11. The molecule has 1 N–H and O–H groups in total. The summed E-state index contributed by atoms with van der Waals surface area (Å²) in [5.41, 5.74) is 2.13. The number of amides is 1. The molecule has 0 saturated carbocycles. The van der Waals surface area contributed by atoms with E-state index in [2.05, 4.69) is 5.32 Å². The number of benzene rings is 2. The van der Waals surface area contributed by atoms with Gasteiger partial charge < -0.3 is 10.1 Å². The van der Waals surface area contributed by atoms with Crippen LogP contribution in [-0.4, -0.2) is 24.3 Å². The molecule has 0 spiro atoms. The molecule has 0 aliphatic rings. The van der Waals surface area contributed by atoms with Gasteiger partial charge in [-0.3, -0.25) is 9.59 Å². The second-order valence-electron chi connectivity index (χ2n) is 5.52. The van der Waals surface area contributed by atoms with Gasteiger partial charge in [0.25, 0.3) is 5.91 Å². The highest BCUT2D eigenvalue weighted by molar-refractivity contribution is 5.88. The van der Waals surface area contributed by atoms with Crippen LogP contribution in [0, 0.1) is 6.92 Å². The zero-order valence-electron chi connectivity index (χ0n) is 13.4. The number of hydrogen-bond acceptors (Lipinski definition) is 3. The van der Waals surface area contributed by atoms with Gasteiger partial charge in [0.1, 0.15) is 5.75 Å². The summed E-state index contributed by atoms with van der Waals surface area (Å²) in [4.78, 5) is 23.7. The second-order valence-corrected chi connectivity index (χ2v) is 5.52. The van der Waals surface area contributed by atoms with Gasteiger partial charge in [-0.25, -0.2) is 0 Å². The van der Waals surface area contributed by atoms with E-state index in [4.69, 9.17) is 4.74 Å². The van der Waals surface area contributed by atoms with Crippen LogP contribution in [-0.2, 0) is 16.0 Å². The minimum absolute atomic E-state index is 0.0717. The Hall–Kier alpha value is -2.62. The molecule has 0 bridgehead atoms. The third-order valence-corrected chi connectivity index (χ3v) is 3.50. The number of nitrogens with one attached hydrogen (secondary N) is 1. The lowest BCUT2D eigenvalue weighted by Gasteiger charge is -2.16. The molecule has 0 heterocycles. The summed E-state index contributed by atoms with van der Waals surface area (Å²) in [5, 5.41) is 2.73. The minimum atomic E-state index is -0.536. The molecule has 2 rings (SSSR count). The summed E-state index contributed by atoms with van der Waals surface area (Å²) < 4.78 is 5.43. The third kappa shape index (κ3) is 5.58. The molecular weight excluding hydrogens is 290 g/mol. The largest absolute Gasteiger partial charge is 0.484 e. The number of rotatable bonds is 7. The molecule has 0 aromatic heterocycles. The fraction of sp³-hybridized carbons (Fsp3) is 0.263. The SMILES string of the molecule is CC(=O)[C@H](Cc1ccccc1)NC(=O)COc1ccc(C)cc1. The number of Topliss-reactive ketones (excluding diaryl/α,β-unsaturated/α-hetero) is 1. The third-order valence-electron chi connectivity index (χ3n) is 3.50. The zero-order valence-corrected chi connectivity index (χ0v) is 13.4. The van der Waals surface area contributed by atoms with Crippen LogP contribution in [0.1, 0.15) is 18.1 Å². The van der Waals surface area contributed by atoms with E-state index in [9.17, 15) is 9.59 Å². The van der Waals surface area contributed by atoms with Crippen molar-refractivity contribution in [2.75, 3.05) is 6.61 Å². The topological polar surface area (TPSA) is 55.4 Å². The van der Waals surface area contributed by atoms with Gasteiger partial charge in [0.2, 0.25) is 0 Å². The van der Waals surface area contributed by atoms with Crippen LogP contribution in [0.15, 0.2) is 54.6 Å². The Morgan fingerprint density at radius 1 is 1.04 bits per heavy atom. The van der Waals surface area contributed by atoms with E-state index < -0.39 is 6.04 Å². The Bertz CT molecular complexity index is 650. The van der Waals surface area contributed by atoms with Crippen LogP contribution in [0.5, 0.6) is 5.75 Å². The van der Waals surface area contributed by atoms with Crippen molar-refractivity contribution in [1.82, 2.24) is 5.32 Å². The zero-order chi connectivity index (χ0) is 16.7. The van der Waals surface area contributed by atoms with Gasteiger partial charge in [-0.15, -0.1) is 0 Å². The maximum Gasteiger partial charge on any atom is 0.258 e. The molecule has 0 fully saturated rings. The molecule has 0 unspecified atom stereocenters. The Morgan fingerprint density at radius 3 is 2.30 bits per heavy atom. The first kappa shape index (κ1) is 16.7. The average Bonchev–Trinajstić information content (AvgIpc) is 2.54. The Morgan fingerprint density at radius 2 is 1.70 bits per heavy atom. The van der Waals surface area contributed by atoms with E-state index in [1.807, 2.05) is 61.5 Å². The van der Waals surface area contributed by atoms with Gasteiger partial charge in [-0.2, -0.15) is 0 Å². The predicted octanol–water partition coefficient (Wildman–Crippen LogP) is 2.69. The fourth-order valence-corrected chi connectivity index (χ4v) is 2.17. The number of hydrogen-bond donors (Lipinski definition) is 1. The first-order chi connectivity index (χ1) is 11.0. The monoisotopic (exact) mass is 311 g/mol. The molecule has 0 radical (unpaired) electrons. The van der Waals surface area contributed by atoms with Crippen LogP contribution in [0.2, 0.25) is 0 Å². The minimum Gasteiger partial charge on any atom is -0.484 e. The molecule has 1 atom stereocenters. The van der Waals surface area contributed by atoms with Gasteiger partial charge in [0, 0.05) is 0 Å². The van der Waals surface area contributed by atoms with Crippen LogP contribution in [0.25, 0.3) is 0 Å². The molecule has 2 aromatic carbocycles. The maximum absolute atomic E-state index is 12.0. The van der Waals surface area contributed by atoms with Gasteiger partial charge in [-0.1, -0.05) is 48.0 Å². The van der Waals surface area contributed by atoms with Crippen LogP contribution >= 0.6 is 0 Å². The standard InChI is InChI=1S/C19H21NO3/c1-14-8-10-17(11-9-14)23-13-19(22)20-18(15(2)21)12-16-6-4-3-5-7-16/h3-11,18H,12-13H2,1-2H3,(H,20,22)/t18-/m0/s1. The van der Waals surface area contributed by atoms with Crippen LogP contribution < -0.4 is 10.1 Å². The number of ether oxygens (including phenoxy) is 1. The molecule has 4 heteroatoms. The van der Waals surface area contributed by atoms with Crippen LogP contribution in [0.3, 0.4) is 0 Å². The van der Waals surface area contributed by atoms with Gasteiger partial charge in [0.05, 0.1) is 6.04 Å². The van der Waals surface area contributed by atoms with Crippen molar-refractivity contribution < 1.29 is 14.3 Å². The lowest BCUT2D eigenvalue weighted by molar-refractivity contribution is -0.128. The second kappa shape index (κ2) is 8.13. The van der Waals surface area contributed by atoms with E-state index in [1.165, 1.54) is 6.92 Å². The van der Waals surface area contributed by atoms with Crippen molar-refractivity contribution in [3.05, 3.63) is 65.7 Å². The molecule has 0 aliphatic heterocycles. The lowest BCUT2D eigenvalue weighted by Crippen LogP contribution is -2.43. The van der Waals surface area contributed by atoms with E-state index in [0.29, 0.717) is 12.2 Å². The quantitative estimate of drug-likeness (QED) is 0.855. The average molecular weight is 311 g/mol. The number of aryl methyl sites for hydroxylation is 1. The van der Waals surface area contributed by atoms with Crippen molar-refractivity contribution in [1.29, 1.82) is 0 Å². The lowest BCUT2D eigenvalue weighted by atomic mass is 10.0. The van der Waals surface area contributed by atoms with Gasteiger partial charge in [0.15, 0.2) is 12.4 Å². The summed E-state index contributed by atoms with van der Waals surface area (Å²) >= 11 is 0. The molecule has 23 heavy (non-hydrogen) atoms. The molecular formula is C19H21NO3. The molecule has 1 amide bonds. The Kier molecular flexibility index (Phi) is 5.92. The normalized spacial score (nSPS) is 11.6. The highest BCUT2D eigenvalue weighted by atomic mass is 16.5. The molecule has 120 valence electrons. The van der Waals surface area contributed by atoms with Crippen molar-refractivity contribution in [3.8, 4) is 5.75 Å².